The molecule has 174 valence electrons. The lowest BCUT2D eigenvalue weighted by atomic mass is 9.95. The van der Waals surface area contributed by atoms with Crippen molar-refractivity contribution in [1.82, 2.24) is 19.7 Å². The number of nitrogens with one attached hydrogen (secondary N) is 2. The number of nitrogens with two attached hydrogens (primary N) is 1. The monoisotopic (exact) mass is 454 g/mol. The lowest BCUT2D eigenvalue weighted by molar-refractivity contribution is 0.0951. The molecule has 3 aromatic heterocycles. The number of pyridine rings is 2. The second-order valence-electron chi connectivity index (χ2n) is 8.88. The fraction of sp³-hybridized carbons (Fsp3) is 0.296. The summed E-state index contributed by atoms with van der Waals surface area (Å²) in [7, 11) is 0. The molecule has 7 nitrogen and oxygen atoms in total. The van der Waals surface area contributed by atoms with Gasteiger partial charge in [0.1, 0.15) is 17.2 Å². The van der Waals surface area contributed by atoms with Gasteiger partial charge in [-0.05, 0) is 48.2 Å². The van der Waals surface area contributed by atoms with Gasteiger partial charge in [0.05, 0.1) is 0 Å². The van der Waals surface area contributed by atoms with E-state index in [0.29, 0.717) is 24.7 Å². The molecule has 0 aliphatic heterocycles. The number of anilines is 1. The number of fused-ring (bicyclic) bond motifs is 1. The van der Waals surface area contributed by atoms with E-state index < -0.39 is 0 Å². The highest BCUT2D eigenvalue weighted by Crippen LogP contribution is 2.31. The highest BCUT2D eigenvalue weighted by atomic mass is 16.1. The highest BCUT2D eigenvalue weighted by molar-refractivity contribution is 5.95. The summed E-state index contributed by atoms with van der Waals surface area (Å²) < 4.78 is 2.04. The van der Waals surface area contributed by atoms with E-state index in [9.17, 15) is 4.79 Å². The maximum atomic E-state index is 12.9. The van der Waals surface area contributed by atoms with Crippen LogP contribution in [0, 0.1) is 0 Å². The number of benzene rings is 1. The normalized spacial score (nSPS) is 14.3. The summed E-state index contributed by atoms with van der Waals surface area (Å²) >= 11 is 0. The minimum atomic E-state index is -0.131. The first-order chi connectivity index (χ1) is 16.7. The number of nitrogens with zero attached hydrogens (tertiary/aromatic N) is 3. The second-order valence-corrected chi connectivity index (χ2v) is 8.88. The number of amides is 1. The Morgan fingerprint density at radius 1 is 1.06 bits per heavy atom. The zero-order valence-electron chi connectivity index (χ0n) is 19.2. The summed E-state index contributed by atoms with van der Waals surface area (Å²) in [5, 5.41) is 6.75. The van der Waals surface area contributed by atoms with Gasteiger partial charge in [-0.25, -0.2) is 4.98 Å². The molecular formula is C27H30N6O. The van der Waals surface area contributed by atoms with Gasteiger partial charge in [-0.3, -0.25) is 14.2 Å². The summed E-state index contributed by atoms with van der Waals surface area (Å²) in [5.41, 5.74) is 10.9. The largest absolute Gasteiger partial charge is 0.367 e. The SMILES string of the molecule is NCc1cccc(CNC(=O)c2ccn3c(NC4CCCCC4)c(-c4cccnc4)nc3c2)c1. The Labute approximate surface area is 199 Å². The molecule has 0 bridgehead atoms. The molecule has 0 atom stereocenters. The quantitative estimate of drug-likeness (QED) is 0.381. The van der Waals surface area contributed by atoms with Gasteiger partial charge >= 0.3 is 0 Å². The number of aromatic nitrogens is 3. The van der Waals surface area contributed by atoms with Crippen molar-refractivity contribution in [2.24, 2.45) is 5.73 Å². The van der Waals surface area contributed by atoms with Crippen LogP contribution in [0.15, 0.2) is 67.1 Å². The first-order valence-corrected chi connectivity index (χ1v) is 12.0. The fourth-order valence-corrected chi connectivity index (χ4v) is 4.62. The molecule has 1 aliphatic carbocycles. The van der Waals surface area contributed by atoms with Crippen molar-refractivity contribution < 1.29 is 4.79 Å². The zero-order valence-corrected chi connectivity index (χ0v) is 19.2. The fourth-order valence-electron chi connectivity index (χ4n) is 4.62. The van der Waals surface area contributed by atoms with Crippen LogP contribution in [0.3, 0.4) is 0 Å². The Balaban J connectivity index is 1.42. The molecule has 34 heavy (non-hydrogen) atoms. The van der Waals surface area contributed by atoms with Crippen LogP contribution >= 0.6 is 0 Å². The van der Waals surface area contributed by atoms with E-state index in [1.54, 1.807) is 6.20 Å². The Morgan fingerprint density at radius 2 is 1.91 bits per heavy atom. The van der Waals surface area contributed by atoms with Crippen LogP contribution in [0.2, 0.25) is 0 Å². The maximum absolute atomic E-state index is 12.9. The average Bonchev–Trinajstić information content (AvgIpc) is 3.26. The third-order valence-electron chi connectivity index (χ3n) is 6.45. The standard InChI is InChI=1S/C27H30N6O/c28-16-19-6-4-7-20(14-19)17-30-27(34)21-11-13-33-24(15-21)32-25(22-8-5-12-29-18-22)26(33)31-23-9-2-1-3-10-23/h4-8,11-15,18,23,31H,1-3,9-10,16-17,28H2,(H,30,34). The summed E-state index contributed by atoms with van der Waals surface area (Å²) in [5.74, 6) is 0.828. The van der Waals surface area contributed by atoms with E-state index in [4.69, 9.17) is 10.7 Å². The molecule has 0 radical (unpaired) electrons. The van der Waals surface area contributed by atoms with Crippen molar-refractivity contribution in [3.8, 4) is 11.3 Å². The van der Waals surface area contributed by atoms with Crippen molar-refractivity contribution in [3.63, 3.8) is 0 Å². The van der Waals surface area contributed by atoms with Crippen molar-refractivity contribution in [3.05, 3.63) is 83.8 Å². The van der Waals surface area contributed by atoms with Crippen LogP contribution in [0.25, 0.3) is 16.9 Å². The topological polar surface area (TPSA) is 97.3 Å². The molecule has 4 N–H and O–H groups in total. The molecule has 5 rings (SSSR count). The van der Waals surface area contributed by atoms with Crippen molar-refractivity contribution in [2.45, 2.75) is 51.2 Å². The summed E-state index contributed by atoms with van der Waals surface area (Å²) in [6.45, 7) is 0.927. The molecule has 1 amide bonds. The minimum absolute atomic E-state index is 0.131. The van der Waals surface area contributed by atoms with Crippen LogP contribution < -0.4 is 16.4 Å². The summed E-state index contributed by atoms with van der Waals surface area (Å²) in [6, 6.07) is 16.0. The van der Waals surface area contributed by atoms with E-state index in [-0.39, 0.29) is 5.91 Å². The molecule has 0 saturated heterocycles. The number of imidazole rings is 1. The Kier molecular flexibility index (Phi) is 6.53. The number of rotatable bonds is 7. The second kappa shape index (κ2) is 10.1. The van der Waals surface area contributed by atoms with Crippen LogP contribution in [-0.2, 0) is 13.1 Å². The van der Waals surface area contributed by atoms with E-state index in [1.807, 2.05) is 65.3 Å². The zero-order chi connectivity index (χ0) is 23.3. The van der Waals surface area contributed by atoms with Crippen molar-refractivity contribution >= 4 is 17.4 Å². The number of carbonyl (C=O) groups excluding carboxylic acids is 1. The van der Waals surface area contributed by atoms with Gasteiger partial charge in [0.2, 0.25) is 0 Å². The first-order valence-electron chi connectivity index (χ1n) is 12.0. The van der Waals surface area contributed by atoms with E-state index >= 15 is 0 Å². The Hall–Kier alpha value is -3.71. The first kappa shape index (κ1) is 22.1. The Morgan fingerprint density at radius 3 is 2.71 bits per heavy atom. The molecule has 3 heterocycles. The lowest BCUT2D eigenvalue weighted by Crippen LogP contribution is -2.24. The number of hydrogen-bond acceptors (Lipinski definition) is 5. The number of carbonyl (C=O) groups is 1. The third-order valence-corrected chi connectivity index (χ3v) is 6.45. The molecule has 4 aromatic rings. The third kappa shape index (κ3) is 4.79. The van der Waals surface area contributed by atoms with Gasteiger partial charge in [-0.15, -0.1) is 0 Å². The van der Waals surface area contributed by atoms with Crippen LogP contribution in [-0.4, -0.2) is 26.3 Å². The summed E-state index contributed by atoms with van der Waals surface area (Å²) in [6.07, 6.45) is 11.6. The molecule has 0 spiro atoms. The van der Waals surface area contributed by atoms with Crippen LogP contribution in [0.5, 0.6) is 0 Å². The smallest absolute Gasteiger partial charge is 0.251 e. The molecule has 1 aromatic carbocycles. The van der Waals surface area contributed by atoms with Gasteiger partial charge in [-0.2, -0.15) is 0 Å². The van der Waals surface area contributed by atoms with E-state index in [2.05, 4.69) is 15.6 Å². The minimum Gasteiger partial charge on any atom is -0.367 e. The van der Waals surface area contributed by atoms with E-state index in [1.165, 1.54) is 19.3 Å². The number of hydrogen-bond donors (Lipinski definition) is 3. The molecule has 1 saturated carbocycles. The van der Waals surface area contributed by atoms with Gasteiger partial charge < -0.3 is 16.4 Å². The van der Waals surface area contributed by atoms with Crippen molar-refractivity contribution in [2.75, 3.05) is 5.32 Å². The summed E-state index contributed by atoms with van der Waals surface area (Å²) in [4.78, 5) is 22.1. The van der Waals surface area contributed by atoms with Gasteiger partial charge in [0, 0.05) is 48.8 Å². The highest BCUT2D eigenvalue weighted by Gasteiger charge is 2.20. The van der Waals surface area contributed by atoms with Crippen LogP contribution in [0.4, 0.5) is 5.82 Å². The van der Waals surface area contributed by atoms with Crippen molar-refractivity contribution in [1.29, 1.82) is 0 Å². The van der Waals surface area contributed by atoms with Gasteiger partial charge in [-0.1, -0.05) is 43.5 Å². The average molecular weight is 455 g/mol. The van der Waals surface area contributed by atoms with Gasteiger partial charge in [0.25, 0.3) is 5.91 Å². The molecule has 1 aliphatic rings. The predicted molar refractivity (Wildman–Crippen MR) is 134 cm³/mol. The molecule has 0 unspecified atom stereocenters. The van der Waals surface area contributed by atoms with Crippen LogP contribution in [0.1, 0.15) is 53.6 Å². The molecule has 1 fully saturated rings. The lowest BCUT2D eigenvalue weighted by Gasteiger charge is -2.24. The van der Waals surface area contributed by atoms with E-state index in [0.717, 1.165) is 46.7 Å². The Bertz CT molecular complexity index is 1280. The predicted octanol–water partition coefficient (Wildman–Crippen LogP) is 4.53. The molecule has 7 heteroatoms. The van der Waals surface area contributed by atoms with Gasteiger partial charge in [0.15, 0.2) is 0 Å². The molecular weight excluding hydrogens is 424 g/mol. The maximum Gasteiger partial charge on any atom is 0.251 e.